The molecule has 0 unspecified atom stereocenters. The lowest BCUT2D eigenvalue weighted by Crippen LogP contribution is -2.27. The van der Waals surface area contributed by atoms with Crippen molar-refractivity contribution in [1.82, 2.24) is 4.90 Å². The van der Waals surface area contributed by atoms with Crippen LogP contribution in [0, 0.1) is 10.1 Å². The van der Waals surface area contributed by atoms with Gasteiger partial charge in [0.1, 0.15) is 4.90 Å². The number of benzene rings is 3. The maximum absolute atomic E-state index is 13.0. The Morgan fingerprint density at radius 2 is 1.78 bits per heavy atom. The summed E-state index contributed by atoms with van der Waals surface area (Å²) in [6, 6.07) is 13.9. The minimum Gasteiger partial charge on any atom is -0.493 e. The molecule has 1 aliphatic rings. The van der Waals surface area contributed by atoms with Crippen LogP contribution in [0.3, 0.4) is 0 Å². The van der Waals surface area contributed by atoms with Gasteiger partial charge in [0, 0.05) is 24.7 Å². The highest BCUT2D eigenvalue weighted by molar-refractivity contribution is 9.10. The van der Waals surface area contributed by atoms with Crippen molar-refractivity contribution in [2.24, 2.45) is 0 Å². The van der Waals surface area contributed by atoms with E-state index in [1.54, 1.807) is 0 Å². The second-order valence-electron chi connectivity index (χ2n) is 8.47. The van der Waals surface area contributed by atoms with Crippen LogP contribution >= 0.6 is 27.7 Å². The van der Waals surface area contributed by atoms with Crippen molar-refractivity contribution in [2.45, 2.75) is 18.4 Å². The van der Waals surface area contributed by atoms with Crippen LogP contribution in [-0.4, -0.2) is 42.4 Å². The molecule has 3 aromatic carbocycles. The van der Waals surface area contributed by atoms with Crippen LogP contribution < -0.4 is 14.2 Å². The molecule has 3 aromatic rings. The number of nitro benzene ring substituents is 1. The Bertz CT molecular complexity index is 1690. The van der Waals surface area contributed by atoms with E-state index in [4.69, 9.17) is 8.92 Å². The Morgan fingerprint density at radius 3 is 2.37 bits per heavy atom. The van der Waals surface area contributed by atoms with Crippen molar-refractivity contribution in [1.29, 1.82) is 0 Å². The van der Waals surface area contributed by atoms with E-state index >= 15 is 0 Å². The molecule has 0 aliphatic carbocycles. The zero-order chi connectivity index (χ0) is 29.9. The zero-order valence-electron chi connectivity index (χ0n) is 21.3. The number of carbonyl (C=O) groups excluding carboxylic acids is 3. The molecule has 1 heterocycles. The molecule has 1 saturated heterocycles. The highest BCUT2D eigenvalue weighted by Gasteiger charge is 2.35. The monoisotopic (exact) mass is 661 g/mol. The van der Waals surface area contributed by atoms with Crippen LogP contribution in [0.15, 0.2) is 74.9 Å². The van der Waals surface area contributed by atoms with Gasteiger partial charge in [-0.1, -0.05) is 12.1 Å². The van der Waals surface area contributed by atoms with Crippen molar-refractivity contribution >= 4 is 72.3 Å². The van der Waals surface area contributed by atoms with Gasteiger partial charge in [-0.2, -0.15) is 8.42 Å². The fourth-order valence-electron chi connectivity index (χ4n) is 3.66. The molecule has 4 rings (SSSR count). The Morgan fingerprint density at radius 1 is 1.12 bits per heavy atom. The van der Waals surface area contributed by atoms with Gasteiger partial charge in [0.25, 0.3) is 16.8 Å². The number of thioether (sulfide) groups is 1. The van der Waals surface area contributed by atoms with Gasteiger partial charge in [-0.05, 0) is 81.3 Å². The lowest BCUT2D eigenvalue weighted by Gasteiger charge is -2.14. The Kier molecular flexibility index (Phi) is 8.80. The molecule has 3 amide bonds. The number of rotatable bonds is 9. The molecule has 0 radical (unpaired) electrons. The average molecular weight is 662 g/mol. The minimum atomic E-state index is -4.29. The van der Waals surface area contributed by atoms with Crippen molar-refractivity contribution in [3.63, 3.8) is 0 Å². The number of hydrogen-bond acceptors (Lipinski definition) is 10. The number of methoxy groups -OCH3 is 1. The third-order valence-electron chi connectivity index (χ3n) is 5.57. The largest absolute Gasteiger partial charge is 0.493 e. The van der Waals surface area contributed by atoms with E-state index in [0.717, 1.165) is 16.7 Å². The molecule has 15 heteroatoms. The molecule has 0 atom stereocenters. The number of nitrogens with one attached hydrogen (secondary N) is 1. The van der Waals surface area contributed by atoms with Gasteiger partial charge in [0.05, 0.1) is 28.0 Å². The van der Waals surface area contributed by atoms with E-state index in [2.05, 4.69) is 21.2 Å². The molecule has 0 saturated carbocycles. The van der Waals surface area contributed by atoms with E-state index in [-0.39, 0.29) is 43.9 Å². The fourth-order valence-corrected chi connectivity index (χ4v) is 6.11. The highest BCUT2D eigenvalue weighted by atomic mass is 79.9. The lowest BCUT2D eigenvalue weighted by atomic mass is 10.1. The van der Waals surface area contributed by atoms with Crippen molar-refractivity contribution in [2.75, 3.05) is 12.4 Å². The summed E-state index contributed by atoms with van der Waals surface area (Å²) in [7, 11) is -2.98. The van der Waals surface area contributed by atoms with Crippen LogP contribution in [0.25, 0.3) is 6.08 Å². The van der Waals surface area contributed by atoms with Crippen molar-refractivity contribution in [3.8, 4) is 11.5 Å². The predicted octanol–water partition coefficient (Wildman–Crippen LogP) is 5.33. The van der Waals surface area contributed by atoms with Gasteiger partial charge in [-0.3, -0.25) is 29.4 Å². The van der Waals surface area contributed by atoms with Crippen LogP contribution in [0.2, 0.25) is 0 Å². The quantitative estimate of drug-likeness (QED) is 0.137. The summed E-state index contributed by atoms with van der Waals surface area (Å²) < 4.78 is 36.7. The van der Waals surface area contributed by atoms with Crippen LogP contribution in [0.4, 0.5) is 16.2 Å². The maximum atomic E-state index is 13.0. The summed E-state index contributed by atoms with van der Waals surface area (Å²) >= 11 is 4.01. The molecule has 1 fully saturated rings. The Balaban J connectivity index is 1.54. The van der Waals surface area contributed by atoms with Gasteiger partial charge in [0.2, 0.25) is 5.91 Å². The topological polar surface area (TPSA) is 162 Å². The molecule has 212 valence electrons. The van der Waals surface area contributed by atoms with Gasteiger partial charge in [-0.25, -0.2) is 0 Å². The van der Waals surface area contributed by atoms with Gasteiger partial charge in [-0.15, -0.1) is 0 Å². The number of ether oxygens (including phenoxy) is 1. The molecule has 0 bridgehead atoms. The first kappa shape index (κ1) is 29.8. The normalized spacial score (nSPS) is 14.3. The average Bonchev–Trinajstić information content (AvgIpc) is 3.17. The lowest BCUT2D eigenvalue weighted by molar-refractivity contribution is -0.384. The first-order valence-electron chi connectivity index (χ1n) is 11.6. The molecule has 1 N–H and O–H groups in total. The molecular weight excluding hydrogens is 642 g/mol. The number of amides is 3. The van der Waals surface area contributed by atoms with Gasteiger partial charge < -0.3 is 14.2 Å². The molecule has 0 aromatic heterocycles. The Hall–Kier alpha value is -4.21. The van der Waals surface area contributed by atoms with Crippen LogP contribution in [-0.2, 0) is 26.3 Å². The summed E-state index contributed by atoms with van der Waals surface area (Å²) in [5.74, 6) is -0.963. The smallest absolute Gasteiger partial charge is 0.339 e. The van der Waals surface area contributed by atoms with E-state index in [9.17, 15) is 32.9 Å². The molecule has 1 aliphatic heterocycles. The molecular formula is C26H20BrN3O9S2. The summed E-state index contributed by atoms with van der Waals surface area (Å²) in [6.45, 7) is 1.26. The number of imide groups is 1. The zero-order valence-corrected chi connectivity index (χ0v) is 24.5. The number of nitrogens with zero attached hydrogens (tertiary/aromatic N) is 2. The standard InChI is InChI=1S/C26H20BrN3O9S2/c1-15(31)28-18-5-9-20(10-6-18)41(36,37)39-24-21(27)11-17(12-22(24)38-2)13-23-25(32)29(26(33)40-23)14-16-3-7-19(8-4-16)30(34)35/h3-13H,14H2,1-2H3,(H,28,31)/b23-13-. The van der Waals surface area contributed by atoms with E-state index < -0.39 is 26.2 Å². The Labute approximate surface area is 246 Å². The van der Waals surface area contributed by atoms with Gasteiger partial charge >= 0.3 is 10.1 Å². The summed E-state index contributed by atoms with van der Waals surface area (Å²) in [4.78, 5) is 48.0. The first-order valence-corrected chi connectivity index (χ1v) is 14.6. The van der Waals surface area contributed by atoms with Crippen molar-refractivity contribution in [3.05, 3.63) is 91.3 Å². The van der Waals surface area contributed by atoms with E-state index in [1.165, 1.54) is 80.8 Å². The minimum absolute atomic E-state index is 0.0363. The number of non-ortho nitro benzene ring substituents is 1. The third kappa shape index (κ3) is 6.93. The summed E-state index contributed by atoms with van der Waals surface area (Å²) in [5.41, 5.74) is 1.26. The number of anilines is 1. The molecule has 41 heavy (non-hydrogen) atoms. The molecule has 0 spiro atoms. The second-order valence-corrected chi connectivity index (χ2v) is 11.9. The fraction of sp³-hybridized carbons (Fsp3) is 0.115. The second kappa shape index (κ2) is 12.1. The summed E-state index contributed by atoms with van der Waals surface area (Å²) in [5, 5.41) is 12.9. The number of carbonyl (C=O) groups is 3. The van der Waals surface area contributed by atoms with E-state index in [1.807, 2.05) is 0 Å². The van der Waals surface area contributed by atoms with E-state index in [0.29, 0.717) is 16.8 Å². The van der Waals surface area contributed by atoms with Crippen LogP contribution in [0.5, 0.6) is 11.5 Å². The number of nitro groups is 1. The highest BCUT2D eigenvalue weighted by Crippen LogP contribution is 2.40. The maximum Gasteiger partial charge on any atom is 0.339 e. The number of hydrogen-bond donors (Lipinski definition) is 1. The first-order chi connectivity index (χ1) is 19.4. The third-order valence-corrected chi connectivity index (χ3v) is 8.30. The predicted molar refractivity (Wildman–Crippen MR) is 154 cm³/mol. The molecule has 12 nitrogen and oxygen atoms in total. The SMILES string of the molecule is COc1cc(/C=C2\SC(=O)N(Cc3ccc([N+](=O)[O-])cc3)C2=O)cc(Br)c1OS(=O)(=O)c1ccc(NC(C)=O)cc1. The van der Waals surface area contributed by atoms with Crippen LogP contribution in [0.1, 0.15) is 18.1 Å². The number of halogens is 1. The van der Waals surface area contributed by atoms with Gasteiger partial charge in [0.15, 0.2) is 11.5 Å². The summed E-state index contributed by atoms with van der Waals surface area (Å²) in [6.07, 6.45) is 1.45. The van der Waals surface area contributed by atoms with Crippen molar-refractivity contribution < 1.29 is 36.6 Å².